The summed E-state index contributed by atoms with van der Waals surface area (Å²) in [7, 11) is 0. The standard InChI is InChI=1S/C12H10INO2/c13-10-6-2-1-5-9(10)12(16)14-8-4-3-7-11(14)15/h1-3,5-7H,4,8H2. The van der Waals surface area contributed by atoms with Gasteiger partial charge in [-0.15, -0.1) is 0 Å². The van der Waals surface area contributed by atoms with E-state index in [4.69, 9.17) is 0 Å². The van der Waals surface area contributed by atoms with E-state index in [0.717, 1.165) is 9.99 Å². The predicted molar refractivity (Wildman–Crippen MR) is 69.0 cm³/mol. The van der Waals surface area contributed by atoms with Crippen LogP contribution in [0.5, 0.6) is 0 Å². The van der Waals surface area contributed by atoms with Gasteiger partial charge in [-0.25, -0.2) is 0 Å². The topological polar surface area (TPSA) is 37.4 Å². The van der Waals surface area contributed by atoms with Crippen molar-refractivity contribution in [3.63, 3.8) is 0 Å². The minimum Gasteiger partial charge on any atom is -0.275 e. The van der Waals surface area contributed by atoms with Crippen molar-refractivity contribution in [3.05, 3.63) is 45.6 Å². The van der Waals surface area contributed by atoms with Gasteiger partial charge in [-0.3, -0.25) is 14.5 Å². The van der Waals surface area contributed by atoms with Gasteiger partial charge < -0.3 is 0 Å². The summed E-state index contributed by atoms with van der Waals surface area (Å²) in [6.07, 6.45) is 3.99. The lowest BCUT2D eigenvalue weighted by Gasteiger charge is -2.21. The third kappa shape index (κ3) is 2.16. The molecule has 0 atom stereocenters. The Bertz CT molecular complexity index is 468. The lowest BCUT2D eigenvalue weighted by molar-refractivity contribution is -0.124. The van der Waals surface area contributed by atoms with E-state index in [1.165, 1.54) is 11.0 Å². The summed E-state index contributed by atoms with van der Waals surface area (Å²) in [5.41, 5.74) is 0.590. The van der Waals surface area contributed by atoms with Gasteiger partial charge in [-0.1, -0.05) is 18.2 Å². The second-order valence-electron chi connectivity index (χ2n) is 3.47. The van der Waals surface area contributed by atoms with Gasteiger partial charge in [0, 0.05) is 10.1 Å². The summed E-state index contributed by atoms with van der Waals surface area (Å²) in [6.45, 7) is 0.471. The number of imide groups is 1. The summed E-state index contributed by atoms with van der Waals surface area (Å²) in [4.78, 5) is 24.9. The molecule has 1 aliphatic heterocycles. The lowest BCUT2D eigenvalue weighted by atomic mass is 10.1. The first-order valence-electron chi connectivity index (χ1n) is 4.97. The SMILES string of the molecule is O=C1C=CCCN1C(=O)c1ccccc1I. The first kappa shape index (κ1) is 11.3. The molecule has 1 aliphatic rings. The average Bonchev–Trinajstić information content (AvgIpc) is 2.29. The third-order valence-corrected chi connectivity index (χ3v) is 3.34. The molecular weight excluding hydrogens is 317 g/mol. The number of carbonyl (C=O) groups excluding carboxylic acids is 2. The van der Waals surface area contributed by atoms with E-state index in [-0.39, 0.29) is 11.8 Å². The fraction of sp³-hybridized carbons (Fsp3) is 0.167. The minimum absolute atomic E-state index is 0.209. The molecule has 16 heavy (non-hydrogen) atoms. The molecule has 0 N–H and O–H groups in total. The third-order valence-electron chi connectivity index (χ3n) is 2.40. The van der Waals surface area contributed by atoms with E-state index in [0.29, 0.717) is 12.1 Å². The van der Waals surface area contributed by atoms with Crippen LogP contribution >= 0.6 is 22.6 Å². The maximum absolute atomic E-state index is 12.1. The van der Waals surface area contributed by atoms with E-state index in [1.807, 2.05) is 12.1 Å². The van der Waals surface area contributed by atoms with Gasteiger partial charge in [0.05, 0.1) is 5.56 Å². The van der Waals surface area contributed by atoms with Crippen LogP contribution in [0.3, 0.4) is 0 Å². The molecule has 1 heterocycles. The largest absolute Gasteiger partial charge is 0.275 e. The van der Waals surface area contributed by atoms with Gasteiger partial charge >= 0.3 is 0 Å². The average molecular weight is 327 g/mol. The van der Waals surface area contributed by atoms with Crippen LogP contribution in [-0.4, -0.2) is 23.3 Å². The van der Waals surface area contributed by atoms with Crippen LogP contribution in [0.2, 0.25) is 0 Å². The molecule has 0 saturated heterocycles. The number of carbonyl (C=O) groups is 2. The summed E-state index contributed by atoms with van der Waals surface area (Å²) in [5, 5.41) is 0. The molecule has 0 bridgehead atoms. The van der Waals surface area contributed by atoms with Crippen molar-refractivity contribution in [2.24, 2.45) is 0 Å². The Morgan fingerprint density at radius 3 is 2.75 bits per heavy atom. The first-order chi connectivity index (χ1) is 7.70. The second kappa shape index (κ2) is 4.78. The van der Waals surface area contributed by atoms with Crippen LogP contribution in [-0.2, 0) is 4.79 Å². The molecule has 82 valence electrons. The van der Waals surface area contributed by atoms with Crippen molar-refractivity contribution >= 4 is 34.4 Å². The van der Waals surface area contributed by atoms with Gasteiger partial charge in [0.2, 0.25) is 0 Å². The Balaban J connectivity index is 2.29. The molecule has 2 rings (SSSR count). The summed E-state index contributed by atoms with van der Waals surface area (Å²) in [6, 6.07) is 7.28. The summed E-state index contributed by atoms with van der Waals surface area (Å²) < 4.78 is 0.868. The van der Waals surface area contributed by atoms with E-state index < -0.39 is 0 Å². The number of rotatable bonds is 1. The van der Waals surface area contributed by atoms with Gasteiger partial charge in [0.25, 0.3) is 11.8 Å². The molecule has 0 saturated carbocycles. The lowest BCUT2D eigenvalue weighted by Crippen LogP contribution is -2.38. The van der Waals surface area contributed by atoms with Gasteiger partial charge in [-0.2, -0.15) is 0 Å². The van der Waals surface area contributed by atoms with E-state index in [2.05, 4.69) is 22.6 Å². The van der Waals surface area contributed by atoms with Crippen molar-refractivity contribution < 1.29 is 9.59 Å². The zero-order chi connectivity index (χ0) is 11.5. The van der Waals surface area contributed by atoms with Crippen molar-refractivity contribution in [2.45, 2.75) is 6.42 Å². The van der Waals surface area contributed by atoms with Crippen molar-refractivity contribution in [1.82, 2.24) is 4.90 Å². The number of hydrogen-bond acceptors (Lipinski definition) is 2. The molecule has 2 amide bonds. The number of halogens is 1. The molecule has 0 fully saturated rings. The Morgan fingerprint density at radius 2 is 2.06 bits per heavy atom. The monoisotopic (exact) mass is 327 g/mol. The van der Waals surface area contributed by atoms with Crippen LogP contribution in [0, 0.1) is 3.57 Å². The smallest absolute Gasteiger partial charge is 0.261 e. The highest BCUT2D eigenvalue weighted by atomic mass is 127. The quantitative estimate of drug-likeness (QED) is 0.586. The highest BCUT2D eigenvalue weighted by molar-refractivity contribution is 14.1. The number of benzene rings is 1. The van der Waals surface area contributed by atoms with Crippen molar-refractivity contribution in [2.75, 3.05) is 6.54 Å². The Morgan fingerprint density at radius 1 is 1.31 bits per heavy atom. The first-order valence-corrected chi connectivity index (χ1v) is 6.05. The maximum atomic E-state index is 12.1. The zero-order valence-electron chi connectivity index (χ0n) is 8.52. The van der Waals surface area contributed by atoms with E-state index in [9.17, 15) is 9.59 Å². The number of hydrogen-bond donors (Lipinski definition) is 0. The van der Waals surface area contributed by atoms with E-state index in [1.54, 1.807) is 18.2 Å². The molecule has 4 heteroatoms. The molecule has 0 spiro atoms. The minimum atomic E-state index is -0.226. The second-order valence-corrected chi connectivity index (χ2v) is 4.63. The van der Waals surface area contributed by atoms with Crippen LogP contribution in [0.4, 0.5) is 0 Å². The molecule has 1 aromatic carbocycles. The van der Waals surface area contributed by atoms with Crippen molar-refractivity contribution in [3.8, 4) is 0 Å². The molecule has 0 radical (unpaired) electrons. The maximum Gasteiger partial charge on any atom is 0.261 e. The van der Waals surface area contributed by atoms with Gasteiger partial charge in [0.15, 0.2) is 0 Å². The Hall–Kier alpha value is -1.17. The molecule has 3 nitrogen and oxygen atoms in total. The molecule has 0 unspecified atom stereocenters. The van der Waals surface area contributed by atoms with Crippen LogP contribution < -0.4 is 0 Å². The van der Waals surface area contributed by atoms with Crippen LogP contribution in [0.15, 0.2) is 36.4 Å². The normalized spacial score (nSPS) is 15.3. The van der Waals surface area contributed by atoms with Gasteiger partial charge in [-0.05, 0) is 47.2 Å². The predicted octanol–water partition coefficient (Wildman–Crippen LogP) is 2.22. The number of nitrogens with zero attached hydrogens (tertiary/aromatic N) is 1. The van der Waals surface area contributed by atoms with Gasteiger partial charge in [0.1, 0.15) is 0 Å². The fourth-order valence-corrected chi connectivity index (χ4v) is 2.19. The zero-order valence-corrected chi connectivity index (χ0v) is 10.7. The Kier molecular flexibility index (Phi) is 3.38. The van der Waals surface area contributed by atoms with Crippen LogP contribution in [0.1, 0.15) is 16.8 Å². The highest BCUT2D eigenvalue weighted by Crippen LogP contribution is 2.16. The molecule has 0 aliphatic carbocycles. The molecule has 1 aromatic rings. The van der Waals surface area contributed by atoms with Crippen molar-refractivity contribution in [1.29, 1.82) is 0 Å². The van der Waals surface area contributed by atoms with E-state index >= 15 is 0 Å². The molecular formula is C12H10INO2. The summed E-state index contributed by atoms with van der Waals surface area (Å²) in [5.74, 6) is -0.435. The summed E-state index contributed by atoms with van der Waals surface area (Å²) >= 11 is 2.10. The Labute approximate surface area is 107 Å². The fourth-order valence-electron chi connectivity index (χ4n) is 1.57. The van der Waals surface area contributed by atoms with Crippen LogP contribution in [0.25, 0.3) is 0 Å². The molecule has 0 aromatic heterocycles. The highest BCUT2D eigenvalue weighted by Gasteiger charge is 2.23. The number of amides is 2.